The van der Waals surface area contributed by atoms with E-state index in [1.807, 2.05) is 42.2 Å². The van der Waals surface area contributed by atoms with Crippen molar-refractivity contribution in [2.24, 2.45) is 0 Å². The molecule has 5 heteroatoms. The Hall–Kier alpha value is -0.910. The van der Waals surface area contributed by atoms with E-state index in [1.165, 1.54) is 0 Å². The lowest BCUT2D eigenvalue weighted by Crippen LogP contribution is -2.29. The maximum atomic E-state index is 10.7. The van der Waals surface area contributed by atoms with Crippen LogP contribution in [0.4, 0.5) is 0 Å². The van der Waals surface area contributed by atoms with E-state index in [2.05, 4.69) is 0 Å². The van der Waals surface area contributed by atoms with Gasteiger partial charge in [0.25, 0.3) is 10.1 Å². The van der Waals surface area contributed by atoms with Crippen LogP contribution >= 0.6 is 0 Å². The molecule has 0 unspecified atom stereocenters. The zero-order valence-corrected chi connectivity index (χ0v) is 10.9. The highest BCUT2D eigenvalue weighted by atomic mass is 32.2. The Morgan fingerprint density at radius 1 is 1.18 bits per heavy atom. The number of nitrogens with zero attached hydrogens (tertiary/aromatic N) is 1. The van der Waals surface area contributed by atoms with E-state index in [0.717, 1.165) is 18.5 Å². The SMILES string of the molecule is CCCN(CCS(=O)(=O)O)Cc1ccccc1. The highest BCUT2D eigenvalue weighted by Crippen LogP contribution is 2.05. The summed E-state index contributed by atoms with van der Waals surface area (Å²) >= 11 is 0. The monoisotopic (exact) mass is 257 g/mol. The van der Waals surface area contributed by atoms with Gasteiger partial charge in [0.15, 0.2) is 0 Å². The lowest BCUT2D eigenvalue weighted by molar-refractivity contribution is 0.279. The van der Waals surface area contributed by atoms with Gasteiger partial charge in [-0.25, -0.2) is 0 Å². The van der Waals surface area contributed by atoms with Gasteiger partial charge in [-0.1, -0.05) is 37.3 Å². The van der Waals surface area contributed by atoms with Crippen molar-refractivity contribution in [1.82, 2.24) is 4.90 Å². The van der Waals surface area contributed by atoms with Crippen LogP contribution in [-0.4, -0.2) is 36.7 Å². The zero-order valence-electron chi connectivity index (χ0n) is 10.0. The second-order valence-electron chi connectivity index (χ2n) is 4.05. The third kappa shape index (κ3) is 6.41. The molecule has 0 aliphatic carbocycles. The van der Waals surface area contributed by atoms with Crippen LogP contribution in [0.2, 0.25) is 0 Å². The Labute approximate surface area is 103 Å². The van der Waals surface area contributed by atoms with E-state index >= 15 is 0 Å². The summed E-state index contributed by atoms with van der Waals surface area (Å²) in [5, 5.41) is 0. The molecule has 1 aromatic rings. The van der Waals surface area contributed by atoms with Crippen molar-refractivity contribution in [3.8, 4) is 0 Å². The third-order valence-electron chi connectivity index (χ3n) is 2.45. The highest BCUT2D eigenvalue weighted by Gasteiger charge is 2.10. The molecule has 0 fully saturated rings. The molecule has 0 saturated carbocycles. The molecule has 0 aliphatic heterocycles. The number of hydrogen-bond donors (Lipinski definition) is 1. The minimum Gasteiger partial charge on any atom is -0.298 e. The Morgan fingerprint density at radius 2 is 1.82 bits per heavy atom. The van der Waals surface area contributed by atoms with Crippen LogP contribution < -0.4 is 0 Å². The quantitative estimate of drug-likeness (QED) is 0.757. The summed E-state index contributed by atoms with van der Waals surface area (Å²) in [5.41, 5.74) is 1.15. The van der Waals surface area contributed by atoms with E-state index in [-0.39, 0.29) is 5.75 Å². The van der Waals surface area contributed by atoms with Crippen LogP contribution in [0.3, 0.4) is 0 Å². The van der Waals surface area contributed by atoms with Crippen LogP contribution in [0.15, 0.2) is 30.3 Å². The summed E-state index contributed by atoms with van der Waals surface area (Å²) in [6.45, 7) is 3.95. The van der Waals surface area contributed by atoms with Crippen LogP contribution in [0.25, 0.3) is 0 Å². The molecule has 17 heavy (non-hydrogen) atoms. The second kappa shape index (κ2) is 6.74. The molecule has 0 radical (unpaired) electrons. The molecule has 1 N–H and O–H groups in total. The fourth-order valence-corrected chi connectivity index (χ4v) is 2.16. The fourth-order valence-electron chi connectivity index (χ4n) is 1.67. The van der Waals surface area contributed by atoms with Crippen molar-refractivity contribution >= 4 is 10.1 Å². The minimum atomic E-state index is -3.87. The minimum absolute atomic E-state index is 0.208. The molecule has 0 amide bonds. The standard InChI is InChI=1S/C12H19NO3S/c1-2-8-13(9-10-17(14,15)16)11-12-6-4-3-5-7-12/h3-7H,2,8-11H2,1H3,(H,14,15,16). The molecule has 4 nitrogen and oxygen atoms in total. The van der Waals surface area contributed by atoms with Gasteiger partial charge in [0.05, 0.1) is 5.75 Å². The molecular formula is C12H19NO3S. The normalized spacial score (nSPS) is 11.9. The molecule has 0 spiro atoms. The lowest BCUT2D eigenvalue weighted by atomic mass is 10.2. The molecule has 1 rings (SSSR count). The Balaban J connectivity index is 2.54. The molecule has 0 heterocycles. The molecule has 0 aliphatic rings. The number of benzene rings is 1. The van der Waals surface area contributed by atoms with Gasteiger partial charge in [0.1, 0.15) is 0 Å². The average Bonchev–Trinajstić information content (AvgIpc) is 2.27. The zero-order chi connectivity index (χ0) is 12.7. The summed E-state index contributed by atoms with van der Waals surface area (Å²) in [5.74, 6) is -0.208. The smallest absolute Gasteiger partial charge is 0.266 e. The van der Waals surface area contributed by atoms with E-state index in [1.54, 1.807) is 0 Å². The molecule has 0 aromatic heterocycles. The van der Waals surface area contributed by atoms with Gasteiger partial charge in [-0.3, -0.25) is 9.45 Å². The largest absolute Gasteiger partial charge is 0.298 e. The Bertz CT molecular complexity index is 417. The lowest BCUT2D eigenvalue weighted by Gasteiger charge is -2.20. The summed E-state index contributed by atoms with van der Waals surface area (Å²) in [4.78, 5) is 2.03. The van der Waals surface area contributed by atoms with E-state index in [4.69, 9.17) is 4.55 Å². The summed E-state index contributed by atoms with van der Waals surface area (Å²) in [6.07, 6.45) is 0.957. The average molecular weight is 257 g/mol. The predicted molar refractivity (Wildman–Crippen MR) is 68.4 cm³/mol. The first-order chi connectivity index (χ1) is 8.01. The Morgan fingerprint density at radius 3 is 2.35 bits per heavy atom. The van der Waals surface area contributed by atoms with Crippen molar-refractivity contribution in [3.63, 3.8) is 0 Å². The highest BCUT2D eigenvalue weighted by molar-refractivity contribution is 7.85. The molecule has 0 bridgehead atoms. The number of rotatable bonds is 7. The van der Waals surface area contributed by atoms with Gasteiger partial charge < -0.3 is 0 Å². The molecule has 96 valence electrons. The van der Waals surface area contributed by atoms with Crippen LogP contribution in [0, 0.1) is 0 Å². The predicted octanol–water partition coefficient (Wildman–Crippen LogP) is 1.79. The van der Waals surface area contributed by atoms with Crippen molar-refractivity contribution in [3.05, 3.63) is 35.9 Å². The van der Waals surface area contributed by atoms with Gasteiger partial charge >= 0.3 is 0 Å². The van der Waals surface area contributed by atoms with Gasteiger partial charge in [0.2, 0.25) is 0 Å². The molecule has 0 atom stereocenters. The molecule has 0 saturated heterocycles. The molecule has 1 aromatic carbocycles. The van der Waals surface area contributed by atoms with Crippen molar-refractivity contribution in [1.29, 1.82) is 0 Å². The van der Waals surface area contributed by atoms with Crippen LogP contribution in [0.1, 0.15) is 18.9 Å². The van der Waals surface area contributed by atoms with Gasteiger partial charge in [-0.05, 0) is 18.5 Å². The van der Waals surface area contributed by atoms with E-state index in [9.17, 15) is 8.42 Å². The van der Waals surface area contributed by atoms with Crippen molar-refractivity contribution in [2.75, 3.05) is 18.8 Å². The summed E-state index contributed by atoms with van der Waals surface area (Å²) in [7, 11) is -3.87. The van der Waals surface area contributed by atoms with Crippen molar-refractivity contribution in [2.45, 2.75) is 19.9 Å². The summed E-state index contributed by atoms with van der Waals surface area (Å²) < 4.78 is 30.2. The first-order valence-electron chi connectivity index (χ1n) is 5.72. The topological polar surface area (TPSA) is 57.6 Å². The Kier molecular flexibility index (Phi) is 5.61. The third-order valence-corrected chi connectivity index (χ3v) is 3.15. The first-order valence-corrected chi connectivity index (χ1v) is 7.33. The fraction of sp³-hybridized carbons (Fsp3) is 0.500. The van der Waals surface area contributed by atoms with Gasteiger partial charge in [0, 0.05) is 13.1 Å². The van der Waals surface area contributed by atoms with Gasteiger partial charge in [-0.2, -0.15) is 8.42 Å². The van der Waals surface area contributed by atoms with E-state index < -0.39 is 10.1 Å². The number of hydrogen-bond acceptors (Lipinski definition) is 3. The second-order valence-corrected chi connectivity index (χ2v) is 5.62. The van der Waals surface area contributed by atoms with Crippen molar-refractivity contribution < 1.29 is 13.0 Å². The summed E-state index contributed by atoms with van der Waals surface area (Å²) in [6, 6.07) is 9.89. The van der Waals surface area contributed by atoms with E-state index in [0.29, 0.717) is 13.1 Å². The van der Waals surface area contributed by atoms with Crippen LogP contribution in [-0.2, 0) is 16.7 Å². The van der Waals surface area contributed by atoms with Crippen LogP contribution in [0.5, 0.6) is 0 Å². The van der Waals surface area contributed by atoms with Gasteiger partial charge in [-0.15, -0.1) is 0 Å². The maximum Gasteiger partial charge on any atom is 0.266 e. The maximum absolute atomic E-state index is 10.7. The first kappa shape index (κ1) is 14.2. The molecular weight excluding hydrogens is 238 g/mol.